The van der Waals surface area contributed by atoms with E-state index in [4.69, 9.17) is 5.11 Å². The second-order valence-corrected chi connectivity index (χ2v) is 7.20. The first-order valence-electron chi connectivity index (χ1n) is 8.17. The molecule has 130 valence electrons. The Morgan fingerprint density at radius 2 is 2.08 bits per heavy atom. The Hall–Kier alpha value is -2.21. The highest BCUT2D eigenvalue weighted by atomic mass is 16.3. The largest absolute Gasteiger partial charge is 0.396 e. The zero-order valence-electron chi connectivity index (χ0n) is 14.9. The van der Waals surface area contributed by atoms with Crippen molar-refractivity contribution < 1.29 is 9.90 Å². The number of hydrogen-bond donors (Lipinski definition) is 1. The molecule has 24 heavy (non-hydrogen) atoms. The van der Waals surface area contributed by atoms with Crippen LogP contribution in [0.5, 0.6) is 0 Å². The fourth-order valence-electron chi connectivity index (χ4n) is 2.63. The average Bonchev–Trinajstić information content (AvgIpc) is 3.04. The molecule has 2 rings (SSSR count). The van der Waals surface area contributed by atoms with Gasteiger partial charge in [0, 0.05) is 25.3 Å². The van der Waals surface area contributed by atoms with Crippen molar-refractivity contribution in [2.75, 3.05) is 19.7 Å². The number of carbonyl (C=O) groups is 1. The molecule has 2 aromatic rings. The van der Waals surface area contributed by atoms with E-state index in [-0.39, 0.29) is 17.9 Å². The van der Waals surface area contributed by atoms with Crippen LogP contribution in [-0.2, 0) is 0 Å². The number of aliphatic hydroxyl groups excluding tert-OH is 1. The minimum atomic E-state index is -0.000306. The number of nitrogens with zero attached hydrogens (tertiary/aromatic N) is 4. The molecular formula is C18H26N4O2. The standard InChI is InChI=1S/C18H26N4O2/c1-14-10-15(22-13-19-12-20-22)6-7-16(14)17(24)21(8-5-9-23)11-18(2,3)4/h6-7,10,12-13,23H,5,8-9,11H2,1-4H3. The molecule has 1 aromatic heterocycles. The van der Waals surface area contributed by atoms with Crippen molar-refractivity contribution in [3.8, 4) is 5.69 Å². The van der Waals surface area contributed by atoms with Gasteiger partial charge in [0.15, 0.2) is 0 Å². The third-order valence-electron chi connectivity index (χ3n) is 3.66. The number of amides is 1. The van der Waals surface area contributed by atoms with E-state index in [1.807, 2.05) is 30.0 Å². The molecular weight excluding hydrogens is 304 g/mol. The van der Waals surface area contributed by atoms with Gasteiger partial charge in [0.25, 0.3) is 5.91 Å². The third-order valence-corrected chi connectivity index (χ3v) is 3.66. The molecule has 0 saturated carbocycles. The molecule has 0 saturated heterocycles. The van der Waals surface area contributed by atoms with Crippen molar-refractivity contribution in [2.45, 2.75) is 34.1 Å². The predicted molar refractivity (Wildman–Crippen MR) is 93.2 cm³/mol. The van der Waals surface area contributed by atoms with Gasteiger partial charge in [0.05, 0.1) is 5.69 Å². The summed E-state index contributed by atoms with van der Waals surface area (Å²) in [7, 11) is 0. The maximum Gasteiger partial charge on any atom is 0.254 e. The first-order chi connectivity index (χ1) is 11.3. The van der Waals surface area contributed by atoms with Gasteiger partial charge < -0.3 is 10.0 Å². The monoisotopic (exact) mass is 330 g/mol. The van der Waals surface area contributed by atoms with Crippen molar-refractivity contribution in [1.29, 1.82) is 0 Å². The van der Waals surface area contributed by atoms with Gasteiger partial charge >= 0.3 is 0 Å². The number of hydrogen-bond acceptors (Lipinski definition) is 4. The van der Waals surface area contributed by atoms with Crippen LogP contribution in [0.15, 0.2) is 30.9 Å². The summed E-state index contributed by atoms with van der Waals surface area (Å²) in [5.41, 5.74) is 2.45. The molecule has 0 unspecified atom stereocenters. The van der Waals surface area contributed by atoms with Gasteiger partial charge in [-0.15, -0.1) is 0 Å². The highest BCUT2D eigenvalue weighted by Crippen LogP contribution is 2.20. The van der Waals surface area contributed by atoms with Crippen molar-refractivity contribution in [3.05, 3.63) is 42.0 Å². The fraction of sp³-hybridized carbons (Fsp3) is 0.500. The van der Waals surface area contributed by atoms with E-state index in [1.165, 1.54) is 6.33 Å². The van der Waals surface area contributed by atoms with Crippen molar-refractivity contribution in [3.63, 3.8) is 0 Å². The topological polar surface area (TPSA) is 71.2 Å². The lowest BCUT2D eigenvalue weighted by Crippen LogP contribution is -2.39. The van der Waals surface area contributed by atoms with Gasteiger partial charge in [0.2, 0.25) is 0 Å². The van der Waals surface area contributed by atoms with E-state index < -0.39 is 0 Å². The summed E-state index contributed by atoms with van der Waals surface area (Å²) in [5, 5.41) is 13.2. The van der Waals surface area contributed by atoms with E-state index in [0.717, 1.165) is 11.3 Å². The number of aliphatic hydroxyl groups is 1. The smallest absolute Gasteiger partial charge is 0.254 e. The molecule has 6 heteroatoms. The first kappa shape index (κ1) is 18.1. The van der Waals surface area contributed by atoms with E-state index in [1.54, 1.807) is 11.0 Å². The van der Waals surface area contributed by atoms with Crippen LogP contribution in [0.1, 0.15) is 43.1 Å². The van der Waals surface area contributed by atoms with Crippen LogP contribution in [0.2, 0.25) is 0 Å². The van der Waals surface area contributed by atoms with Gasteiger partial charge in [-0.1, -0.05) is 20.8 Å². The molecule has 0 aliphatic rings. The van der Waals surface area contributed by atoms with Gasteiger partial charge in [-0.2, -0.15) is 5.10 Å². The van der Waals surface area contributed by atoms with Crippen LogP contribution in [0, 0.1) is 12.3 Å². The summed E-state index contributed by atoms with van der Waals surface area (Å²) >= 11 is 0. The number of carbonyl (C=O) groups excluding carboxylic acids is 1. The highest BCUT2D eigenvalue weighted by molar-refractivity contribution is 5.96. The quantitative estimate of drug-likeness (QED) is 0.883. The first-order valence-corrected chi connectivity index (χ1v) is 8.17. The molecule has 0 bridgehead atoms. The van der Waals surface area contributed by atoms with Crippen molar-refractivity contribution in [1.82, 2.24) is 19.7 Å². The minimum absolute atomic E-state index is 0.000306. The van der Waals surface area contributed by atoms with Crippen LogP contribution >= 0.6 is 0 Å². The Labute approximate surface area is 143 Å². The van der Waals surface area contributed by atoms with E-state index in [2.05, 4.69) is 30.9 Å². The minimum Gasteiger partial charge on any atom is -0.396 e. The van der Waals surface area contributed by atoms with Crippen molar-refractivity contribution >= 4 is 5.91 Å². The van der Waals surface area contributed by atoms with Gasteiger partial charge in [-0.25, -0.2) is 9.67 Å². The molecule has 0 aliphatic carbocycles. The lowest BCUT2D eigenvalue weighted by molar-refractivity contribution is 0.0682. The van der Waals surface area contributed by atoms with Gasteiger partial charge in [0.1, 0.15) is 12.7 Å². The van der Waals surface area contributed by atoms with Crippen LogP contribution in [-0.4, -0.2) is 50.4 Å². The Kier molecular flexibility index (Phi) is 5.72. The highest BCUT2D eigenvalue weighted by Gasteiger charge is 2.23. The van der Waals surface area contributed by atoms with Crippen LogP contribution in [0.4, 0.5) is 0 Å². The fourth-order valence-corrected chi connectivity index (χ4v) is 2.63. The molecule has 0 atom stereocenters. The zero-order chi connectivity index (χ0) is 17.7. The summed E-state index contributed by atoms with van der Waals surface area (Å²) in [5.74, 6) is 0.000940. The second-order valence-electron chi connectivity index (χ2n) is 7.20. The normalized spacial score (nSPS) is 11.5. The summed E-state index contributed by atoms with van der Waals surface area (Å²) in [6.07, 6.45) is 3.69. The molecule has 1 aromatic carbocycles. The molecule has 1 amide bonds. The van der Waals surface area contributed by atoms with E-state index in [9.17, 15) is 4.79 Å². The Morgan fingerprint density at radius 3 is 2.62 bits per heavy atom. The van der Waals surface area contributed by atoms with E-state index in [0.29, 0.717) is 25.1 Å². The molecule has 0 spiro atoms. The van der Waals surface area contributed by atoms with E-state index >= 15 is 0 Å². The molecule has 1 heterocycles. The molecule has 0 fully saturated rings. The lowest BCUT2D eigenvalue weighted by Gasteiger charge is -2.30. The molecule has 0 aliphatic heterocycles. The predicted octanol–water partition coefficient (Wildman–Crippen LogP) is 2.45. The Bertz CT molecular complexity index is 675. The molecule has 6 nitrogen and oxygen atoms in total. The van der Waals surface area contributed by atoms with Crippen LogP contribution < -0.4 is 0 Å². The van der Waals surface area contributed by atoms with Crippen LogP contribution in [0.3, 0.4) is 0 Å². The average molecular weight is 330 g/mol. The number of aromatic nitrogens is 3. The maximum atomic E-state index is 13.0. The summed E-state index contributed by atoms with van der Waals surface area (Å²) in [4.78, 5) is 18.7. The Morgan fingerprint density at radius 1 is 1.33 bits per heavy atom. The van der Waals surface area contributed by atoms with Gasteiger partial charge in [-0.05, 0) is 42.5 Å². The number of aryl methyl sites for hydroxylation is 1. The summed E-state index contributed by atoms with van der Waals surface area (Å²) in [6.45, 7) is 9.52. The van der Waals surface area contributed by atoms with Gasteiger partial charge in [-0.3, -0.25) is 4.79 Å². The molecule has 1 N–H and O–H groups in total. The third kappa shape index (κ3) is 4.64. The summed E-state index contributed by atoms with van der Waals surface area (Å²) < 4.78 is 1.67. The number of rotatable bonds is 6. The second kappa shape index (κ2) is 7.57. The lowest BCUT2D eigenvalue weighted by atomic mass is 9.95. The summed E-state index contributed by atoms with van der Waals surface area (Å²) in [6, 6.07) is 5.64. The molecule has 0 radical (unpaired) electrons. The van der Waals surface area contributed by atoms with Crippen LogP contribution in [0.25, 0.3) is 5.69 Å². The zero-order valence-corrected chi connectivity index (χ0v) is 14.9. The maximum absolute atomic E-state index is 13.0. The number of benzene rings is 1. The van der Waals surface area contributed by atoms with Crippen molar-refractivity contribution in [2.24, 2.45) is 5.41 Å². The SMILES string of the molecule is Cc1cc(-n2cncn2)ccc1C(=O)N(CCCO)CC(C)(C)C. The Balaban J connectivity index is 2.25.